The Hall–Kier alpha value is -1.12. The van der Waals surface area contributed by atoms with Crippen LogP contribution >= 0.6 is 8.03 Å². The zero-order valence-corrected chi connectivity index (χ0v) is 10.1. The van der Waals surface area contributed by atoms with Crippen molar-refractivity contribution in [1.82, 2.24) is 0 Å². The molecule has 1 aromatic carbocycles. The fraction of sp³-hybridized carbons (Fsp3) is 0.400. The lowest BCUT2D eigenvalue weighted by molar-refractivity contribution is 0.388. The Morgan fingerprint density at radius 3 is 2.27 bits per heavy atom. The van der Waals surface area contributed by atoms with Crippen LogP contribution in [0.2, 0.25) is 0 Å². The van der Waals surface area contributed by atoms with E-state index in [4.69, 9.17) is 14.0 Å². The highest BCUT2D eigenvalue weighted by Crippen LogP contribution is 2.33. The summed E-state index contributed by atoms with van der Waals surface area (Å²) in [6, 6.07) is 3.44. The van der Waals surface area contributed by atoms with Crippen molar-refractivity contribution in [3.05, 3.63) is 17.7 Å². The molecule has 0 bridgehead atoms. The quantitative estimate of drug-likeness (QED) is 0.741. The molecule has 0 saturated heterocycles. The Balaban J connectivity index is 3.30. The third-order valence-electron chi connectivity index (χ3n) is 2.12. The summed E-state index contributed by atoms with van der Waals surface area (Å²) in [6.45, 7) is 1.85. The van der Waals surface area contributed by atoms with Crippen LogP contribution in [0, 0.1) is 6.92 Å². The van der Waals surface area contributed by atoms with Crippen molar-refractivity contribution < 1.29 is 18.6 Å². The highest BCUT2D eigenvalue weighted by atomic mass is 31.1. The first-order valence-corrected chi connectivity index (χ1v) is 5.56. The van der Waals surface area contributed by atoms with Gasteiger partial charge in [-0.2, -0.15) is 0 Å². The van der Waals surface area contributed by atoms with Crippen LogP contribution in [-0.4, -0.2) is 21.3 Å². The van der Waals surface area contributed by atoms with Crippen molar-refractivity contribution in [3.63, 3.8) is 0 Å². The maximum absolute atomic E-state index is 11.6. The molecule has 0 fully saturated rings. The van der Waals surface area contributed by atoms with E-state index >= 15 is 0 Å². The van der Waals surface area contributed by atoms with E-state index in [1.807, 2.05) is 6.92 Å². The third-order valence-corrected chi connectivity index (χ3v) is 3.20. The monoisotopic (exact) mass is 229 g/mol. The molecule has 0 saturated carbocycles. The molecule has 0 spiro atoms. The van der Waals surface area contributed by atoms with Crippen molar-refractivity contribution in [3.8, 4) is 11.5 Å². The molecule has 0 amide bonds. The lowest BCUT2D eigenvalue weighted by Gasteiger charge is -2.08. The Morgan fingerprint density at radius 1 is 1.13 bits per heavy atom. The highest BCUT2D eigenvalue weighted by Gasteiger charge is 2.28. The standard InChI is InChI=1S/C10H14O4P/c1-7-8(12-2)5-6-9(10(7)13-3)15(11)14-4/h5-6H,1-4H3/q+1. The summed E-state index contributed by atoms with van der Waals surface area (Å²) >= 11 is 0. The molecule has 82 valence electrons. The van der Waals surface area contributed by atoms with E-state index in [0.717, 1.165) is 5.56 Å². The molecule has 1 unspecified atom stereocenters. The molecule has 5 heteroatoms. The molecule has 1 aromatic rings. The molecule has 4 nitrogen and oxygen atoms in total. The van der Waals surface area contributed by atoms with Crippen LogP contribution in [0.15, 0.2) is 12.1 Å². The molecule has 0 aromatic heterocycles. The summed E-state index contributed by atoms with van der Waals surface area (Å²) in [5.74, 6) is 1.26. The van der Waals surface area contributed by atoms with Crippen molar-refractivity contribution >= 4 is 13.3 Å². The van der Waals surface area contributed by atoms with Gasteiger partial charge in [-0.25, -0.2) is 0 Å². The number of hydrogen-bond acceptors (Lipinski definition) is 4. The number of ether oxygens (including phenoxy) is 2. The van der Waals surface area contributed by atoms with Crippen LogP contribution in [-0.2, 0) is 9.09 Å². The molecular formula is C10H14O4P+. The zero-order chi connectivity index (χ0) is 11.4. The second kappa shape index (κ2) is 5.10. The van der Waals surface area contributed by atoms with Gasteiger partial charge in [0.25, 0.3) is 5.30 Å². The summed E-state index contributed by atoms with van der Waals surface area (Å²) in [5.41, 5.74) is 0.818. The van der Waals surface area contributed by atoms with E-state index < -0.39 is 8.03 Å². The van der Waals surface area contributed by atoms with Gasteiger partial charge in [0.1, 0.15) is 5.75 Å². The van der Waals surface area contributed by atoms with Gasteiger partial charge >= 0.3 is 8.03 Å². The summed E-state index contributed by atoms with van der Waals surface area (Å²) in [6.07, 6.45) is 0. The lowest BCUT2D eigenvalue weighted by atomic mass is 10.2. The summed E-state index contributed by atoms with van der Waals surface area (Å²) in [5, 5.41) is 0.549. The van der Waals surface area contributed by atoms with Gasteiger partial charge in [0, 0.05) is 11.6 Å². The van der Waals surface area contributed by atoms with Crippen LogP contribution in [0.25, 0.3) is 0 Å². The average Bonchev–Trinajstić information content (AvgIpc) is 2.27. The molecule has 15 heavy (non-hydrogen) atoms. The van der Waals surface area contributed by atoms with Gasteiger partial charge < -0.3 is 9.47 Å². The lowest BCUT2D eigenvalue weighted by Crippen LogP contribution is -2.06. The molecule has 0 aliphatic heterocycles. The summed E-state index contributed by atoms with van der Waals surface area (Å²) < 4.78 is 26.7. The van der Waals surface area contributed by atoms with E-state index in [1.54, 1.807) is 19.2 Å². The van der Waals surface area contributed by atoms with Gasteiger partial charge in [-0.3, -0.25) is 0 Å². The van der Waals surface area contributed by atoms with Gasteiger partial charge in [-0.05, 0) is 17.6 Å². The SMILES string of the molecule is COc1ccc([P+](=O)OC)c(OC)c1C. The van der Waals surface area contributed by atoms with Gasteiger partial charge in [0.05, 0.1) is 21.3 Å². The molecule has 0 N–H and O–H groups in total. The first kappa shape index (κ1) is 12.0. The van der Waals surface area contributed by atoms with Gasteiger partial charge in [0.15, 0.2) is 5.75 Å². The van der Waals surface area contributed by atoms with E-state index in [2.05, 4.69) is 0 Å². The smallest absolute Gasteiger partial charge is 0.496 e. The molecule has 0 aliphatic carbocycles. The molecule has 1 rings (SSSR count). The van der Waals surface area contributed by atoms with Crippen molar-refractivity contribution in [2.24, 2.45) is 0 Å². The molecule has 0 heterocycles. The minimum Gasteiger partial charge on any atom is -0.496 e. The van der Waals surface area contributed by atoms with Crippen LogP contribution in [0.3, 0.4) is 0 Å². The number of rotatable bonds is 4. The normalized spacial score (nSPS) is 11.1. The largest absolute Gasteiger partial charge is 0.552 e. The first-order valence-electron chi connectivity index (χ1n) is 4.38. The number of hydrogen-bond donors (Lipinski definition) is 0. The molecular weight excluding hydrogens is 215 g/mol. The number of methoxy groups -OCH3 is 2. The van der Waals surface area contributed by atoms with Crippen LogP contribution in [0.1, 0.15) is 5.56 Å². The maximum Gasteiger partial charge on any atom is 0.552 e. The minimum absolute atomic E-state index is 0.549. The van der Waals surface area contributed by atoms with Crippen molar-refractivity contribution in [1.29, 1.82) is 0 Å². The van der Waals surface area contributed by atoms with Crippen LogP contribution < -0.4 is 14.8 Å². The van der Waals surface area contributed by atoms with E-state index in [9.17, 15) is 4.57 Å². The summed E-state index contributed by atoms with van der Waals surface area (Å²) in [4.78, 5) is 0. The molecule has 1 atom stereocenters. The Labute approximate surface area is 90.0 Å². The maximum atomic E-state index is 11.6. The minimum atomic E-state index is -1.86. The summed E-state index contributed by atoms with van der Waals surface area (Å²) in [7, 11) is 2.65. The average molecular weight is 229 g/mol. The number of benzene rings is 1. The Morgan fingerprint density at radius 2 is 1.80 bits per heavy atom. The van der Waals surface area contributed by atoms with Gasteiger partial charge in [-0.15, -0.1) is 4.52 Å². The third kappa shape index (κ3) is 2.28. The Kier molecular flexibility index (Phi) is 4.06. The molecule has 0 radical (unpaired) electrons. The Bertz CT molecular complexity index is 376. The fourth-order valence-electron chi connectivity index (χ4n) is 1.38. The fourth-order valence-corrected chi connectivity index (χ4v) is 2.20. The predicted molar refractivity (Wildman–Crippen MR) is 58.5 cm³/mol. The first-order chi connectivity index (χ1) is 7.15. The van der Waals surface area contributed by atoms with Gasteiger partial charge in [-0.1, -0.05) is 0 Å². The van der Waals surface area contributed by atoms with Crippen molar-refractivity contribution in [2.75, 3.05) is 21.3 Å². The molecule has 0 aliphatic rings. The van der Waals surface area contributed by atoms with E-state index in [0.29, 0.717) is 16.8 Å². The van der Waals surface area contributed by atoms with Gasteiger partial charge in [0.2, 0.25) is 0 Å². The van der Waals surface area contributed by atoms with E-state index in [1.165, 1.54) is 14.2 Å². The predicted octanol–water partition coefficient (Wildman–Crippen LogP) is 2.03. The topological polar surface area (TPSA) is 44.8 Å². The second-order valence-electron chi connectivity index (χ2n) is 2.88. The zero-order valence-electron chi connectivity index (χ0n) is 9.23. The second-order valence-corrected chi connectivity index (χ2v) is 4.25. The van der Waals surface area contributed by atoms with Crippen molar-refractivity contribution in [2.45, 2.75) is 6.92 Å². The highest BCUT2D eigenvalue weighted by molar-refractivity contribution is 7.48. The van der Waals surface area contributed by atoms with Crippen LogP contribution in [0.4, 0.5) is 0 Å². The van der Waals surface area contributed by atoms with Crippen LogP contribution in [0.5, 0.6) is 11.5 Å². The van der Waals surface area contributed by atoms with E-state index in [-0.39, 0.29) is 0 Å².